The monoisotopic (exact) mass is 619 g/mol. The highest BCUT2D eigenvalue weighted by atomic mass is 35.5. The quantitative estimate of drug-likeness (QED) is 0.275. The van der Waals surface area contributed by atoms with Gasteiger partial charge < -0.3 is 15.0 Å². The summed E-state index contributed by atoms with van der Waals surface area (Å²) >= 11 is 12.3. The Kier molecular flexibility index (Phi) is 11.1. The van der Waals surface area contributed by atoms with Crippen molar-refractivity contribution in [1.29, 1.82) is 0 Å². The molecule has 3 aromatic rings. The summed E-state index contributed by atoms with van der Waals surface area (Å²) in [5.41, 5.74) is 1.70. The highest BCUT2D eigenvalue weighted by Gasteiger charge is 2.35. The molecule has 11 heteroatoms. The summed E-state index contributed by atoms with van der Waals surface area (Å²) in [5.74, 6) is -0.701. The Morgan fingerprint density at radius 1 is 0.951 bits per heavy atom. The van der Waals surface area contributed by atoms with E-state index in [1.807, 2.05) is 20.8 Å². The van der Waals surface area contributed by atoms with Crippen LogP contribution in [-0.2, 0) is 26.2 Å². The highest BCUT2D eigenvalue weighted by Crippen LogP contribution is 2.35. The smallest absolute Gasteiger partial charge is 0.264 e. The normalized spacial score (nSPS) is 12.1. The first-order valence-electron chi connectivity index (χ1n) is 13.1. The Balaban J connectivity index is 2.13. The van der Waals surface area contributed by atoms with Crippen molar-refractivity contribution in [2.75, 3.05) is 18.0 Å². The van der Waals surface area contributed by atoms with Gasteiger partial charge in [-0.2, -0.15) is 0 Å². The van der Waals surface area contributed by atoms with Gasteiger partial charge in [0.2, 0.25) is 11.8 Å². The molecule has 0 bridgehead atoms. The minimum atomic E-state index is -4.27. The van der Waals surface area contributed by atoms with Gasteiger partial charge in [-0.05, 0) is 75.2 Å². The number of nitrogens with one attached hydrogen (secondary N) is 1. The lowest BCUT2D eigenvalue weighted by Crippen LogP contribution is -2.53. The Labute approximate surface area is 252 Å². The molecule has 0 saturated carbocycles. The number of hydrogen-bond acceptors (Lipinski definition) is 5. The van der Waals surface area contributed by atoms with E-state index in [1.165, 1.54) is 36.3 Å². The molecule has 0 fully saturated rings. The molecule has 3 aromatic carbocycles. The fraction of sp³-hybridized carbons (Fsp3) is 0.333. The molecular weight excluding hydrogens is 585 g/mol. The fourth-order valence-electron chi connectivity index (χ4n) is 4.30. The molecule has 0 aliphatic rings. The summed E-state index contributed by atoms with van der Waals surface area (Å²) in [6.07, 6.45) is 0.309. The average molecular weight is 621 g/mol. The van der Waals surface area contributed by atoms with Gasteiger partial charge in [-0.3, -0.25) is 13.9 Å². The maximum absolute atomic E-state index is 14.1. The number of nitrogens with zero attached hydrogens (tertiary/aromatic N) is 2. The van der Waals surface area contributed by atoms with Crippen LogP contribution in [0, 0.1) is 6.92 Å². The number of rotatable bonds is 12. The van der Waals surface area contributed by atoms with Gasteiger partial charge in [-0.1, -0.05) is 60.0 Å². The zero-order valence-electron chi connectivity index (χ0n) is 23.7. The number of sulfonamides is 1. The van der Waals surface area contributed by atoms with Crippen LogP contribution in [0.3, 0.4) is 0 Å². The lowest BCUT2D eigenvalue weighted by atomic mass is 10.1. The number of carbonyl (C=O) groups excluding carboxylic acids is 2. The number of benzene rings is 3. The summed E-state index contributed by atoms with van der Waals surface area (Å²) in [7, 11) is -2.87. The van der Waals surface area contributed by atoms with Crippen LogP contribution in [-0.4, -0.2) is 50.9 Å². The number of methoxy groups -OCH3 is 1. The van der Waals surface area contributed by atoms with E-state index in [9.17, 15) is 18.0 Å². The Morgan fingerprint density at radius 2 is 1.56 bits per heavy atom. The Hall–Kier alpha value is -3.27. The number of ether oxygens (including phenoxy) is 1. The zero-order valence-corrected chi connectivity index (χ0v) is 26.1. The standard InChI is InChI=1S/C30H35Cl2N3O5S/c1-6-26(30(37)33-20(2)3)34(18-22-9-11-23(31)12-10-22)29(36)19-35(27-17-24(32)13-16-28(27)40-5)41(38,39)25-14-7-21(4)8-15-25/h7-17,20,26H,6,18-19H2,1-5H3,(H,33,37)/t26-/m1/s1. The zero-order chi connectivity index (χ0) is 30.3. The maximum Gasteiger partial charge on any atom is 0.264 e. The van der Waals surface area contributed by atoms with Crippen molar-refractivity contribution < 1.29 is 22.7 Å². The number of halogens is 2. The molecule has 0 aliphatic carbocycles. The SMILES string of the molecule is CC[C@H](C(=O)NC(C)C)N(Cc1ccc(Cl)cc1)C(=O)CN(c1cc(Cl)ccc1OC)S(=O)(=O)c1ccc(C)cc1. The van der Waals surface area contributed by atoms with Gasteiger partial charge >= 0.3 is 0 Å². The molecule has 0 radical (unpaired) electrons. The summed E-state index contributed by atoms with van der Waals surface area (Å²) < 4.78 is 34.6. The van der Waals surface area contributed by atoms with Crippen molar-refractivity contribution in [3.05, 3.63) is 87.9 Å². The third kappa shape index (κ3) is 8.15. The van der Waals surface area contributed by atoms with Crippen LogP contribution in [0.1, 0.15) is 38.3 Å². The van der Waals surface area contributed by atoms with Crippen molar-refractivity contribution in [3.63, 3.8) is 0 Å². The second-order valence-electron chi connectivity index (χ2n) is 9.88. The molecule has 0 spiro atoms. The topological polar surface area (TPSA) is 96.0 Å². The van der Waals surface area contributed by atoms with Crippen LogP contribution in [0.15, 0.2) is 71.6 Å². The predicted molar refractivity (Wildman–Crippen MR) is 163 cm³/mol. The van der Waals surface area contributed by atoms with Gasteiger partial charge in [0.25, 0.3) is 10.0 Å². The van der Waals surface area contributed by atoms with Crippen molar-refractivity contribution in [2.45, 2.75) is 57.6 Å². The Morgan fingerprint density at radius 3 is 2.12 bits per heavy atom. The van der Waals surface area contributed by atoms with Gasteiger partial charge in [-0.15, -0.1) is 0 Å². The van der Waals surface area contributed by atoms with Crippen LogP contribution < -0.4 is 14.4 Å². The molecular formula is C30H35Cl2N3O5S. The van der Waals surface area contributed by atoms with Gasteiger partial charge in [-0.25, -0.2) is 8.42 Å². The van der Waals surface area contributed by atoms with Gasteiger partial charge in [0.05, 0.1) is 17.7 Å². The summed E-state index contributed by atoms with van der Waals surface area (Å²) in [6.45, 7) is 6.76. The predicted octanol–water partition coefficient (Wildman–Crippen LogP) is 5.84. The van der Waals surface area contributed by atoms with Crippen molar-refractivity contribution in [1.82, 2.24) is 10.2 Å². The van der Waals surface area contributed by atoms with Crippen molar-refractivity contribution in [3.8, 4) is 5.75 Å². The molecule has 2 amide bonds. The molecule has 0 heterocycles. The number of hydrogen-bond donors (Lipinski definition) is 1. The van der Waals surface area contributed by atoms with Crippen LogP contribution in [0.2, 0.25) is 10.0 Å². The second kappa shape index (κ2) is 14.1. The fourth-order valence-corrected chi connectivity index (χ4v) is 6.00. The first-order chi connectivity index (χ1) is 19.4. The molecule has 0 saturated heterocycles. The number of anilines is 1. The minimum absolute atomic E-state index is 0.00762. The third-order valence-electron chi connectivity index (χ3n) is 6.38. The van der Waals surface area contributed by atoms with E-state index >= 15 is 0 Å². The summed E-state index contributed by atoms with van der Waals surface area (Å²) in [6, 6.07) is 16.8. The molecule has 1 N–H and O–H groups in total. The van der Waals surface area contributed by atoms with Crippen LogP contribution in [0.25, 0.3) is 0 Å². The molecule has 41 heavy (non-hydrogen) atoms. The van der Waals surface area contributed by atoms with E-state index in [1.54, 1.807) is 49.4 Å². The molecule has 0 unspecified atom stereocenters. The van der Waals surface area contributed by atoms with E-state index in [4.69, 9.17) is 27.9 Å². The van der Waals surface area contributed by atoms with Crippen LogP contribution >= 0.6 is 23.2 Å². The lowest BCUT2D eigenvalue weighted by Gasteiger charge is -2.34. The van der Waals surface area contributed by atoms with Gasteiger partial charge in [0.1, 0.15) is 18.3 Å². The Bertz CT molecular complexity index is 1460. The van der Waals surface area contributed by atoms with E-state index in [0.717, 1.165) is 15.4 Å². The maximum atomic E-state index is 14.1. The van der Waals surface area contributed by atoms with E-state index in [-0.39, 0.29) is 39.8 Å². The van der Waals surface area contributed by atoms with E-state index < -0.39 is 28.5 Å². The molecule has 0 aliphatic heterocycles. The number of amides is 2. The molecule has 3 rings (SSSR count). The van der Waals surface area contributed by atoms with Crippen LogP contribution in [0.4, 0.5) is 5.69 Å². The first-order valence-corrected chi connectivity index (χ1v) is 15.3. The largest absolute Gasteiger partial charge is 0.495 e. The van der Waals surface area contributed by atoms with Crippen LogP contribution in [0.5, 0.6) is 5.75 Å². The van der Waals surface area contributed by atoms with Gasteiger partial charge in [0.15, 0.2) is 0 Å². The lowest BCUT2D eigenvalue weighted by molar-refractivity contribution is -0.140. The number of aryl methyl sites for hydroxylation is 1. The highest BCUT2D eigenvalue weighted by molar-refractivity contribution is 7.92. The van der Waals surface area contributed by atoms with E-state index in [2.05, 4.69) is 5.32 Å². The first kappa shape index (κ1) is 32.2. The average Bonchev–Trinajstić information content (AvgIpc) is 2.92. The third-order valence-corrected chi connectivity index (χ3v) is 8.64. The molecule has 1 atom stereocenters. The molecule has 220 valence electrons. The number of carbonyl (C=O) groups is 2. The summed E-state index contributed by atoms with van der Waals surface area (Å²) in [4.78, 5) is 28.8. The molecule has 0 aromatic heterocycles. The second-order valence-corrected chi connectivity index (χ2v) is 12.6. The van der Waals surface area contributed by atoms with E-state index in [0.29, 0.717) is 11.4 Å². The minimum Gasteiger partial charge on any atom is -0.495 e. The van der Waals surface area contributed by atoms with Crippen molar-refractivity contribution >= 4 is 50.7 Å². The van der Waals surface area contributed by atoms with Crippen molar-refractivity contribution in [2.24, 2.45) is 0 Å². The van der Waals surface area contributed by atoms with Gasteiger partial charge in [0, 0.05) is 22.6 Å². The summed E-state index contributed by atoms with van der Waals surface area (Å²) in [5, 5.41) is 3.66. The molecule has 8 nitrogen and oxygen atoms in total.